The first-order valence-corrected chi connectivity index (χ1v) is 11.9. The number of anilines is 2. The number of benzene rings is 3. The molecule has 0 heterocycles. The zero-order chi connectivity index (χ0) is 22.6. The quantitative estimate of drug-likeness (QED) is 0.426. The first-order chi connectivity index (χ1) is 14.7. The summed E-state index contributed by atoms with van der Waals surface area (Å²) < 4.78 is 34.0. The van der Waals surface area contributed by atoms with Gasteiger partial charge in [0.25, 0.3) is 15.9 Å². The van der Waals surface area contributed by atoms with Crippen LogP contribution in [0.15, 0.2) is 70.0 Å². The maximum absolute atomic E-state index is 12.5. The molecule has 31 heavy (non-hydrogen) atoms. The first kappa shape index (κ1) is 23.1. The van der Waals surface area contributed by atoms with Gasteiger partial charge in [-0.05, 0) is 67.4 Å². The molecule has 0 saturated heterocycles. The van der Waals surface area contributed by atoms with Crippen molar-refractivity contribution in [3.63, 3.8) is 0 Å². The number of amides is 1. The number of halogens is 2. The van der Waals surface area contributed by atoms with Gasteiger partial charge in [-0.3, -0.25) is 9.52 Å². The summed E-state index contributed by atoms with van der Waals surface area (Å²) in [6.07, 6.45) is 0. The van der Waals surface area contributed by atoms with Gasteiger partial charge in [0.15, 0.2) is 6.61 Å². The molecule has 0 bridgehead atoms. The molecule has 0 aliphatic heterocycles. The van der Waals surface area contributed by atoms with E-state index in [1.807, 2.05) is 26.0 Å². The first-order valence-electron chi connectivity index (χ1n) is 9.22. The smallest absolute Gasteiger partial charge is 0.262 e. The maximum Gasteiger partial charge on any atom is 0.262 e. The lowest BCUT2D eigenvalue weighted by atomic mass is 10.1. The molecule has 9 heteroatoms. The highest BCUT2D eigenvalue weighted by Gasteiger charge is 2.17. The molecule has 1 amide bonds. The number of hydrogen-bond donors (Lipinski definition) is 2. The lowest BCUT2D eigenvalue weighted by molar-refractivity contribution is -0.118. The number of aryl methyl sites for hydroxylation is 2. The summed E-state index contributed by atoms with van der Waals surface area (Å²) >= 11 is 9.62. The van der Waals surface area contributed by atoms with Gasteiger partial charge in [-0.2, -0.15) is 0 Å². The summed E-state index contributed by atoms with van der Waals surface area (Å²) in [6.45, 7) is 3.52. The molecule has 0 fully saturated rings. The second-order valence-corrected chi connectivity index (χ2v) is 9.82. The monoisotopic (exact) mass is 522 g/mol. The molecule has 3 aromatic carbocycles. The molecule has 2 N–H and O–H groups in total. The van der Waals surface area contributed by atoms with E-state index in [4.69, 9.17) is 16.3 Å². The summed E-state index contributed by atoms with van der Waals surface area (Å²) in [6, 6.07) is 16.4. The highest BCUT2D eigenvalue weighted by atomic mass is 79.9. The molecular weight excluding hydrogens is 504 g/mol. The van der Waals surface area contributed by atoms with E-state index in [2.05, 4.69) is 26.0 Å². The van der Waals surface area contributed by atoms with Gasteiger partial charge in [0.2, 0.25) is 0 Å². The van der Waals surface area contributed by atoms with E-state index in [0.29, 0.717) is 5.69 Å². The number of hydrogen-bond acceptors (Lipinski definition) is 4. The van der Waals surface area contributed by atoms with Gasteiger partial charge in [0.1, 0.15) is 5.75 Å². The fourth-order valence-corrected chi connectivity index (χ4v) is 4.98. The average Bonchev–Trinajstić information content (AvgIpc) is 2.70. The topological polar surface area (TPSA) is 84.5 Å². The molecule has 0 atom stereocenters. The zero-order valence-electron chi connectivity index (χ0n) is 16.8. The Kier molecular flexibility index (Phi) is 7.25. The van der Waals surface area contributed by atoms with Crippen molar-refractivity contribution in [1.29, 1.82) is 0 Å². The Morgan fingerprint density at radius 3 is 2.29 bits per heavy atom. The van der Waals surface area contributed by atoms with Crippen molar-refractivity contribution in [2.24, 2.45) is 0 Å². The Bertz CT molecular complexity index is 1190. The van der Waals surface area contributed by atoms with E-state index in [9.17, 15) is 13.2 Å². The Morgan fingerprint density at radius 2 is 1.68 bits per heavy atom. The van der Waals surface area contributed by atoms with Gasteiger partial charge in [-0.1, -0.05) is 45.7 Å². The maximum atomic E-state index is 12.5. The van der Waals surface area contributed by atoms with Crippen LogP contribution in [-0.4, -0.2) is 20.9 Å². The summed E-state index contributed by atoms with van der Waals surface area (Å²) in [4.78, 5) is 12.3. The Balaban J connectivity index is 1.66. The SMILES string of the molecule is Cc1cc(Br)cc(C)c1NC(=O)COc1ccc(S(=O)(=O)Nc2ccccc2)cc1Cl. The highest BCUT2D eigenvalue weighted by molar-refractivity contribution is 9.10. The Labute approximate surface area is 194 Å². The fourth-order valence-electron chi connectivity index (χ4n) is 2.91. The van der Waals surface area contributed by atoms with Crippen LogP contribution in [0.3, 0.4) is 0 Å². The summed E-state index contributed by atoms with van der Waals surface area (Å²) in [5, 5.41) is 2.91. The molecule has 0 aromatic heterocycles. The number of para-hydroxylation sites is 1. The minimum Gasteiger partial charge on any atom is -0.482 e. The van der Waals surface area contributed by atoms with E-state index in [1.165, 1.54) is 18.2 Å². The van der Waals surface area contributed by atoms with Gasteiger partial charge >= 0.3 is 0 Å². The van der Waals surface area contributed by atoms with E-state index in [1.54, 1.807) is 30.3 Å². The average molecular weight is 524 g/mol. The lowest BCUT2D eigenvalue weighted by Gasteiger charge is -2.14. The lowest BCUT2D eigenvalue weighted by Crippen LogP contribution is -2.21. The van der Waals surface area contributed by atoms with Crippen molar-refractivity contribution >= 4 is 54.8 Å². The molecule has 162 valence electrons. The van der Waals surface area contributed by atoms with Crippen LogP contribution in [0.2, 0.25) is 5.02 Å². The van der Waals surface area contributed by atoms with Crippen molar-refractivity contribution in [2.45, 2.75) is 18.7 Å². The van der Waals surface area contributed by atoms with Crippen molar-refractivity contribution < 1.29 is 17.9 Å². The molecule has 6 nitrogen and oxygen atoms in total. The van der Waals surface area contributed by atoms with Crippen LogP contribution >= 0.6 is 27.5 Å². The standard InChI is InChI=1S/C22H20BrClN2O4S/c1-14-10-16(23)11-15(2)22(14)25-21(27)13-30-20-9-8-18(12-19(20)24)31(28,29)26-17-6-4-3-5-7-17/h3-12,26H,13H2,1-2H3,(H,25,27). The third-order valence-electron chi connectivity index (χ3n) is 4.36. The second-order valence-electron chi connectivity index (χ2n) is 6.82. The molecule has 0 spiro atoms. The van der Waals surface area contributed by atoms with Crippen LogP contribution in [0.5, 0.6) is 5.75 Å². The van der Waals surface area contributed by atoms with Crippen LogP contribution < -0.4 is 14.8 Å². The third kappa shape index (κ3) is 6.00. The third-order valence-corrected chi connectivity index (χ3v) is 6.49. The van der Waals surface area contributed by atoms with Crippen molar-refractivity contribution in [3.8, 4) is 5.75 Å². The second kappa shape index (κ2) is 9.72. The number of carbonyl (C=O) groups is 1. The molecule has 3 aromatic rings. The van der Waals surface area contributed by atoms with Gasteiger partial charge in [-0.25, -0.2) is 8.42 Å². The molecular formula is C22H20BrClN2O4S. The van der Waals surface area contributed by atoms with E-state index >= 15 is 0 Å². The Morgan fingerprint density at radius 1 is 1.03 bits per heavy atom. The van der Waals surface area contributed by atoms with Gasteiger partial charge < -0.3 is 10.1 Å². The summed E-state index contributed by atoms with van der Waals surface area (Å²) in [7, 11) is -3.81. The Hall–Kier alpha value is -2.55. The molecule has 0 saturated carbocycles. The normalized spacial score (nSPS) is 11.1. The largest absolute Gasteiger partial charge is 0.482 e. The van der Waals surface area contributed by atoms with Gasteiger partial charge in [-0.15, -0.1) is 0 Å². The van der Waals surface area contributed by atoms with Crippen LogP contribution in [0, 0.1) is 13.8 Å². The molecule has 3 rings (SSSR count). The van der Waals surface area contributed by atoms with Crippen molar-refractivity contribution in [2.75, 3.05) is 16.6 Å². The van der Waals surface area contributed by atoms with Crippen LogP contribution in [0.25, 0.3) is 0 Å². The number of sulfonamides is 1. The zero-order valence-corrected chi connectivity index (χ0v) is 19.9. The number of ether oxygens (including phenoxy) is 1. The van der Waals surface area contributed by atoms with Gasteiger partial charge in [0, 0.05) is 15.8 Å². The predicted molar refractivity (Wildman–Crippen MR) is 126 cm³/mol. The minimum absolute atomic E-state index is 0.0146. The van der Waals surface area contributed by atoms with Gasteiger partial charge in [0.05, 0.1) is 9.92 Å². The van der Waals surface area contributed by atoms with Crippen molar-refractivity contribution in [1.82, 2.24) is 0 Å². The molecule has 0 radical (unpaired) electrons. The van der Waals surface area contributed by atoms with E-state index in [-0.39, 0.29) is 28.2 Å². The molecule has 0 aliphatic carbocycles. The fraction of sp³-hybridized carbons (Fsp3) is 0.136. The summed E-state index contributed by atoms with van der Waals surface area (Å²) in [5.41, 5.74) is 2.99. The van der Waals surface area contributed by atoms with Crippen LogP contribution in [-0.2, 0) is 14.8 Å². The summed E-state index contributed by atoms with van der Waals surface area (Å²) in [5.74, 6) is -0.147. The number of nitrogens with one attached hydrogen (secondary N) is 2. The molecule has 0 aliphatic rings. The van der Waals surface area contributed by atoms with E-state index in [0.717, 1.165) is 21.3 Å². The van der Waals surface area contributed by atoms with E-state index < -0.39 is 10.0 Å². The van der Waals surface area contributed by atoms with Crippen molar-refractivity contribution in [3.05, 3.63) is 81.3 Å². The number of rotatable bonds is 7. The minimum atomic E-state index is -3.81. The van der Waals surface area contributed by atoms with Crippen LogP contribution in [0.1, 0.15) is 11.1 Å². The number of carbonyl (C=O) groups excluding carboxylic acids is 1. The van der Waals surface area contributed by atoms with Crippen LogP contribution in [0.4, 0.5) is 11.4 Å². The highest BCUT2D eigenvalue weighted by Crippen LogP contribution is 2.29. The molecule has 0 unspecified atom stereocenters. The predicted octanol–water partition coefficient (Wildman–Crippen LogP) is 5.54.